The number of nitrogens with two attached hydrogens (primary N) is 1. The number of carbonyl (C=O) groups is 2. The van der Waals surface area contributed by atoms with Crippen molar-refractivity contribution in [1.29, 1.82) is 0 Å². The number of hydrogen-bond donors (Lipinski definition) is 2. The number of phenols is 1. The Morgan fingerprint density at radius 1 is 1.38 bits per heavy atom. The van der Waals surface area contributed by atoms with Gasteiger partial charge in [0.2, 0.25) is 11.8 Å². The lowest BCUT2D eigenvalue weighted by Crippen LogP contribution is -2.40. The Hall–Kier alpha value is -2.04. The van der Waals surface area contributed by atoms with Crippen LogP contribution >= 0.6 is 0 Å². The molecule has 1 atom stereocenters. The molecule has 2 rings (SSSR count). The van der Waals surface area contributed by atoms with Crippen LogP contribution in [0, 0.1) is 5.92 Å². The number of primary amides is 1. The molecule has 114 valence electrons. The summed E-state index contributed by atoms with van der Waals surface area (Å²) in [5.74, 6) is 0.334. The maximum Gasteiger partial charge on any atom is 0.227 e. The standard InChI is InChI=1S/C16H22N2O3/c17-15(20)7-6-12-4-2-8-18(11-12)16(21)10-13-3-1-5-14(19)9-13/h1,3,5,9,12,19H,2,4,6-8,10-11H2,(H2,17,20)/t12-/m0/s1. The summed E-state index contributed by atoms with van der Waals surface area (Å²) in [6.07, 6.45) is 3.46. The molecule has 21 heavy (non-hydrogen) atoms. The first-order valence-electron chi connectivity index (χ1n) is 7.38. The Morgan fingerprint density at radius 2 is 2.19 bits per heavy atom. The predicted molar refractivity (Wildman–Crippen MR) is 79.5 cm³/mol. The monoisotopic (exact) mass is 290 g/mol. The first-order valence-corrected chi connectivity index (χ1v) is 7.38. The van der Waals surface area contributed by atoms with E-state index in [0.29, 0.717) is 25.3 Å². The molecule has 5 heteroatoms. The Morgan fingerprint density at radius 3 is 2.90 bits per heavy atom. The average molecular weight is 290 g/mol. The minimum absolute atomic E-state index is 0.0735. The highest BCUT2D eigenvalue weighted by Gasteiger charge is 2.23. The molecule has 0 saturated carbocycles. The Labute approximate surface area is 124 Å². The van der Waals surface area contributed by atoms with Gasteiger partial charge in [0.05, 0.1) is 6.42 Å². The number of nitrogens with zero attached hydrogens (tertiary/aromatic N) is 1. The van der Waals surface area contributed by atoms with Crippen molar-refractivity contribution >= 4 is 11.8 Å². The van der Waals surface area contributed by atoms with Gasteiger partial charge in [0, 0.05) is 19.5 Å². The van der Waals surface area contributed by atoms with Gasteiger partial charge in [-0.2, -0.15) is 0 Å². The lowest BCUT2D eigenvalue weighted by atomic mass is 9.93. The van der Waals surface area contributed by atoms with E-state index in [0.717, 1.165) is 31.4 Å². The second-order valence-electron chi connectivity index (χ2n) is 5.70. The molecular formula is C16H22N2O3. The van der Waals surface area contributed by atoms with Gasteiger partial charge in [-0.1, -0.05) is 12.1 Å². The third-order valence-corrected chi connectivity index (χ3v) is 3.94. The van der Waals surface area contributed by atoms with Gasteiger partial charge in [0.25, 0.3) is 0 Å². The molecule has 2 amide bonds. The molecule has 1 saturated heterocycles. The van der Waals surface area contributed by atoms with Crippen molar-refractivity contribution in [3.05, 3.63) is 29.8 Å². The molecule has 1 heterocycles. The number of likely N-dealkylation sites (tertiary alicyclic amines) is 1. The second kappa shape index (κ2) is 7.11. The summed E-state index contributed by atoms with van der Waals surface area (Å²) in [6, 6.07) is 6.79. The first-order chi connectivity index (χ1) is 10.0. The van der Waals surface area contributed by atoms with E-state index in [4.69, 9.17) is 5.73 Å². The van der Waals surface area contributed by atoms with E-state index in [2.05, 4.69) is 0 Å². The highest BCUT2D eigenvalue weighted by molar-refractivity contribution is 5.79. The Kier molecular flexibility index (Phi) is 5.20. The minimum atomic E-state index is -0.279. The van der Waals surface area contributed by atoms with Crippen LogP contribution < -0.4 is 5.73 Å². The zero-order chi connectivity index (χ0) is 15.2. The largest absolute Gasteiger partial charge is 0.508 e. The van der Waals surface area contributed by atoms with E-state index in [1.165, 1.54) is 0 Å². The maximum absolute atomic E-state index is 12.3. The first kappa shape index (κ1) is 15.4. The van der Waals surface area contributed by atoms with Crippen LogP contribution in [0.3, 0.4) is 0 Å². The molecule has 1 aliphatic heterocycles. The van der Waals surface area contributed by atoms with Crippen LogP contribution in [0.4, 0.5) is 0 Å². The quantitative estimate of drug-likeness (QED) is 0.860. The van der Waals surface area contributed by atoms with Crippen molar-refractivity contribution in [1.82, 2.24) is 4.90 Å². The number of carbonyl (C=O) groups excluding carboxylic acids is 2. The van der Waals surface area contributed by atoms with Crippen molar-refractivity contribution in [3.8, 4) is 5.75 Å². The summed E-state index contributed by atoms with van der Waals surface area (Å²) < 4.78 is 0. The van der Waals surface area contributed by atoms with E-state index in [-0.39, 0.29) is 17.6 Å². The van der Waals surface area contributed by atoms with Gasteiger partial charge in [-0.15, -0.1) is 0 Å². The van der Waals surface area contributed by atoms with Crippen LogP contribution in [0.15, 0.2) is 24.3 Å². The van der Waals surface area contributed by atoms with E-state index in [9.17, 15) is 14.7 Å². The molecule has 0 radical (unpaired) electrons. The highest BCUT2D eigenvalue weighted by Crippen LogP contribution is 2.22. The Bertz CT molecular complexity index is 516. The molecule has 1 aromatic rings. The smallest absolute Gasteiger partial charge is 0.227 e. The zero-order valence-corrected chi connectivity index (χ0v) is 12.1. The SMILES string of the molecule is NC(=O)CC[C@@H]1CCCN(C(=O)Cc2cccc(O)c2)C1. The summed E-state index contributed by atoms with van der Waals surface area (Å²) in [5, 5.41) is 9.43. The van der Waals surface area contributed by atoms with Gasteiger partial charge < -0.3 is 15.7 Å². The van der Waals surface area contributed by atoms with Gasteiger partial charge in [0.1, 0.15) is 5.75 Å². The lowest BCUT2D eigenvalue weighted by Gasteiger charge is -2.32. The van der Waals surface area contributed by atoms with Crippen LogP contribution in [0.25, 0.3) is 0 Å². The van der Waals surface area contributed by atoms with Crippen LogP contribution in [-0.4, -0.2) is 34.9 Å². The fourth-order valence-electron chi connectivity index (χ4n) is 2.83. The van der Waals surface area contributed by atoms with Gasteiger partial charge >= 0.3 is 0 Å². The molecule has 0 aliphatic carbocycles. The van der Waals surface area contributed by atoms with Crippen LogP contribution in [0.1, 0.15) is 31.2 Å². The fourth-order valence-corrected chi connectivity index (χ4v) is 2.83. The van der Waals surface area contributed by atoms with E-state index < -0.39 is 0 Å². The van der Waals surface area contributed by atoms with Crippen LogP contribution in [-0.2, 0) is 16.0 Å². The Balaban J connectivity index is 1.88. The predicted octanol–water partition coefficient (Wildman–Crippen LogP) is 1.44. The summed E-state index contributed by atoms with van der Waals surface area (Å²) in [7, 11) is 0. The van der Waals surface area contributed by atoms with E-state index >= 15 is 0 Å². The van der Waals surface area contributed by atoms with Gasteiger partial charge in [-0.05, 0) is 42.9 Å². The number of amides is 2. The molecule has 1 aromatic carbocycles. The summed E-state index contributed by atoms with van der Waals surface area (Å²) in [6.45, 7) is 1.47. The van der Waals surface area contributed by atoms with Gasteiger partial charge in [0.15, 0.2) is 0 Å². The van der Waals surface area contributed by atoms with Gasteiger partial charge in [-0.3, -0.25) is 9.59 Å². The number of hydrogen-bond acceptors (Lipinski definition) is 3. The third-order valence-electron chi connectivity index (χ3n) is 3.94. The summed E-state index contributed by atoms with van der Waals surface area (Å²) >= 11 is 0. The second-order valence-corrected chi connectivity index (χ2v) is 5.70. The van der Waals surface area contributed by atoms with E-state index in [1.807, 2.05) is 11.0 Å². The lowest BCUT2D eigenvalue weighted by molar-refractivity contribution is -0.132. The fraction of sp³-hybridized carbons (Fsp3) is 0.500. The van der Waals surface area contributed by atoms with Crippen LogP contribution in [0.5, 0.6) is 5.75 Å². The zero-order valence-electron chi connectivity index (χ0n) is 12.1. The number of phenolic OH excluding ortho intramolecular Hbond substituents is 1. The molecule has 5 nitrogen and oxygen atoms in total. The molecule has 1 aliphatic rings. The number of piperidine rings is 1. The van der Waals surface area contributed by atoms with E-state index in [1.54, 1.807) is 18.2 Å². The van der Waals surface area contributed by atoms with Crippen LogP contribution in [0.2, 0.25) is 0 Å². The topological polar surface area (TPSA) is 83.6 Å². The molecular weight excluding hydrogens is 268 g/mol. The number of rotatable bonds is 5. The average Bonchev–Trinajstić information content (AvgIpc) is 2.45. The van der Waals surface area contributed by atoms with Crippen molar-refractivity contribution in [3.63, 3.8) is 0 Å². The third kappa shape index (κ3) is 4.77. The normalized spacial score (nSPS) is 18.5. The number of benzene rings is 1. The molecule has 0 unspecified atom stereocenters. The maximum atomic E-state index is 12.3. The molecule has 0 aromatic heterocycles. The molecule has 3 N–H and O–H groups in total. The minimum Gasteiger partial charge on any atom is -0.508 e. The van der Waals surface area contributed by atoms with Crippen molar-refractivity contribution in [2.24, 2.45) is 11.7 Å². The van der Waals surface area contributed by atoms with Crippen molar-refractivity contribution in [2.75, 3.05) is 13.1 Å². The number of aromatic hydroxyl groups is 1. The molecule has 0 spiro atoms. The van der Waals surface area contributed by atoms with Crippen molar-refractivity contribution in [2.45, 2.75) is 32.1 Å². The van der Waals surface area contributed by atoms with Crippen molar-refractivity contribution < 1.29 is 14.7 Å². The molecule has 0 bridgehead atoms. The molecule has 1 fully saturated rings. The summed E-state index contributed by atoms with van der Waals surface area (Å²) in [5.41, 5.74) is 6.00. The highest BCUT2D eigenvalue weighted by atomic mass is 16.3. The van der Waals surface area contributed by atoms with Gasteiger partial charge in [-0.25, -0.2) is 0 Å². The summed E-state index contributed by atoms with van der Waals surface area (Å²) in [4.78, 5) is 25.0.